The Morgan fingerprint density at radius 2 is 1.43 bits per heavy atom. The Kier molecular flexibility index (Phi) is 13.1. The van der Waals surface area contributed by atoms with Gasteiger partial charge in [0.1, 0.15) is 0 Å². The molecule has 4 heteroatoms. The Bertz CT molecular complexity index is 259. The first kappa shape index (κ1) is 22.8. The fraction of sp³-hybridized carbons (Fsp3) is 1.00. The predicted octanol–water partition coefficient (Wildman–Crippen LogP) is 4.58. The van der Waals surface area contributed by atoms with Crippen LogP contribution in [0.2, 0.25) is 0 Å². The Labute approximate surface area is 144 Å². The SMILES string of the molecule is CCCCCCCC(NCC)C(CC(C)C)C(OC)(OC)OC. The number of unbranched alkanes of at least 4 members (excludes halogenated alkanes) is 4. The number of ether oxygens (including phenoxy) is 3. The van der Waals surface area contributed by atoms with E-state index in [1.54, 1.807) is 21.3 Å². The molecule has 0 fully saturated rings. The molecule has 0 aliphatic heterocycles. The largest absolute Gasteiger partial charge is 0.331 e. The number of hydrogen-bond acceptors (Lipinski definition) is 4. The molecule has 140 valence electrons. The molecule has 0 aromatic rings. The first-order valence-electron chi connectivity index (χ1n) is 9.40. The lowest BCUT2D eigenvalue weighted by molar-refractivity contribution is -0.383. The van der Waals surface area contributed by atoms with Gasteiger partial charge in [-0.05, 0) is 25.3 Å². The number of hydrogen-bond donors (Lipinski definition) is 1. The van der Waals surface area contributed by atoms with Gasteiger partial charge >= 0.3 is 0 Å². The van der Waals surface area contributed by atoms with Crippen LogP contribution in [0.3, 0.4) is 0 Å². The monoisotopic (exact) mass is 331 g/mol. The second-order valence-corrected chi connectivity index (χ2v) is 6.82. The third-order valence-electron chi connectivity index (χ3n) is 4.60. The molecule has 0 radical (unpaired) electrons. The Morgan fingerprint density at radius 3 is 1.87 bits per heavy atom. The second kappa shape index (κ2) is 13.2. The van der Waals surface area contributed by atoms with Crippen LogP contribution in [0.25, 0.3) is 0 Å². The minimum atomic E-state index is -0.972. The van der Waals surface area contributed by atoms with Gasteiger partial charge in [-0.15, -0.1) is 0 Å². The summed E-state index contributed by atoms with van der Waals surface area (Å²) >= 11 is 0. The van der Waals surface area contributed by atoms with Crippen molar-refractivity contribution in [3.05, 3.63) is 0 Å². The van der Waals surface area contributed by atoms with E-state index in [-0.39, 0.29) is 5.92 Å². The molecule has 0 bridgehead atoms. The van der Waals surface area contributed by atoms with Crippen molar-refractivity contribution in [2.45, 2.75) is 84.7 Å². The number of nitrogens with one attached hydrogen (secondary N) is 1. The molecule has 4 nitrogen and oxygen atoms in total. The first-order chi connectivity index (χ1) is 11.0. The molecule has 0 saturated heterocycles. The summed E-state index contributed by atoms with van der Waals surface area (Å²) in [4.78, 5) is 0. The van der Waals surface area contributed by atoms with E-state index >= 15 is 0 Å². The van der Waals surface area contributed by atoms with Crippen LogP contribution in [0.5, 0.6) is 0 Å². The maximum atomic E-state index is 5.69. The van der Waals surface area contributed by atoms with Crippen LogP contribution >= 0.6 is 0 Å². The summed E-state index contributed by atoms with van der Waals surface area (Å²) in [6.45, 7) is 9.84. The summed E-state index contributed by atoms with van der Waals surface area (Å²) in [6, 6.07) is 0.337. The normalized spacial score (nSPS) is 15.1. The lowest BCUT2D eigenvalue weighted by Gasteiger charge is -2.41. The van der Waals surface area contributed by atoms with Crippen molar-refractivity contribution in [3.63, 3.8) is 0 Å². The standard InChI is InChI=1S/C19H41NO3/c1-8-10-11-12-13-14-18(20-9-2)17(15-16(3)4)19(21-5,22-6)23-7/h16-18,20H,8-15H2,1-7H3. The minimum absolute atomic E-state index is 0.161. The highest BCUT2D eigenvalue weighted by atomic mass is 16.9. The van der Waals surface area contributed by atoms with E-state index < -0.39 is 5.97 Å². The highest BCUT2D eigenvalue weighted by Crippen LogP contribution is 2.34. The third-order valence-corrected chi connectivity index (χ3v) is 4.60. The van der Waals surface area contributed by atoms with Crippen molar-refractivity contribution in [2.24, 2.45) is 11.8 Å². The summed E-state index contributed by atoms with van der Waals surface area (Å²) in [5.74, 6) is -0.254. The Hall–Kier alpha value is -0.160. The summed E-state index contributed by atoms with van der Waals surface area (Å²) in [7, 11) is 5.01. The fourth-order valence-corrected chi connectivity index (χ4v) is 3.44. The molecule has 0 aliphatic rings. The molecular formula is C19H41NO3. The summed E-state index contributed by atoms with van der Waals surface area (Å²) < 4.78 is 17.1. The van der Waals surface area contributed by atoms with Crippen LogP contribution in [0.1, 0.15) is 72.6 Å². The average molecular weight is 332 g/mol. The van der Waals surface area contributed by atoms with Crippen molar-refractivity contribution < 1.29 is 14.2 Å². The zero-order valence-corrected chi connectivity index (χ0v) is 16.6. The van der Waals surface area contributed by atoms with E-state index in [0.29, 0.717) is 12.0 Å². The molecule has 0 aromatic carbocycles. The van der Waals surface area contributed by atoms with Crippen LogP contribution in [0.15, 0.2) is 0 Å². The molecule has 23 heavy (non-hydrogen) atoms. The van der Waals surface area contributed by atoms with Crippen molar-refractivity contribution in [2.75, 3.05) is 27.9 Å². The van der Waals surface area contributed by atoms with Crippen molar-refractivity contribution in [1.29, 1.82) is 0 Å². The topological polar surface area (TPSA) is 39.7 Å². The third kappa shape index (κ3) is 7.97. The van der Waals surface area contributed by atoms with Crippen molar-refractivity contribution >= 4 is 0 Å². The molecule has 0 heterocycles. The number of rotatable bonds is 15. The van der Waals surface area contributed by atoms with Crippen molar-refractivity contribution in [1.82, 2.24) is 5.32 Å². The van der Waals surface area contributed by atoms with Crippen LogP contribution in [-0.2, 0) is 14.2 Å². The Morgan fingerprint density at radius 1 is 0.870 bits per heavy atom. The van der Waals surface area contributed by atoms with E-state index in [1.165, 1.54) is 32.1 Å². The smallest absolute Gasteiger partial charge is 0.286 e. The van der Waals surface area contributed by atoms with Gasteiger partial charge in [-0.1, -0.05) is 59.8 Å². The highest BCUT2D eigenvalue weighted by Gasteiger charge is 2.44. The van der Waals surface area contributed by atoms with Gasteiger partial charge in [0.15, 0.2) is 0 Å². The molecule has 1 N–H and O–H groups in total. The summed E-state index contributed by atoms with van der Waals surface area (Å²) in [6.07, 6.45) is 8.61. The average Bonchev–Trinajstić information content (AvgIpc) is 2.54. The lowest BCUT2D eigenvalue weighted by Crippen LogP contribution is -2.53. The van der Waals surface area contributed by atoms with E-state index in [1.807, 2.05) is 0 Å². The predicted molar refractivity (Wildman–Crippen MR) is 97.5 cm³/mol. The molecule has 0 saturated carbocycles. The van der Waals surface area contributed by atoms with E-state index in [0.717, 1.165) is 19.4 Å². The second-order valence-electron chi connectivity index (χ2n) is 6.82. The molecule has 2 unspecified atom stereocenters. The first-order valence-corrected chi connectivity index (χ1v) is 9.40. The van der Waals surface area contributed by atoms with Gasteiger partial charge < -0.3 is 19.5 Å². The molecule has 2 atom stereocenters. The Balaban J connectivity index is 5.01. The van der Waals surface area contributed by atoms with Crippen LogP contribution < -0.4 is 5.32 Å². The van der Waals surface area contributed by atoms with Crippen molar-refractivity contribution in [3.8, 4) is 0 Å². The number of methoxy groups -OCH3 is 3. The van der Waals surface area contributed by atoms with Gasteiger partial charge in [0, 0.05) is 27.4 Å². The molecule has 0 rings (SSSR count). The lowest BCUT2D eigenvalue weighted by atomic mass is 9.85. The van der Waals surface area contributed by atoms with Crippen LogP contribution in [0, 0.1) is 11.8 Å². The summed E-state index contributed by atoms with van der Waals surface area (Å²) in [5, 5.41) is 3.65. The molecular weight excluding hydrogens is 290 g/mol. The maximum Gasteiger partial charge on any atom is 0.286 e. The van der Waals surface area contributed by atoms with E-state index in [4.69, 9.17) is 14.2 Å². The van der Waals surface area contributed by atoms with Gasteiger partial charge in [-0.25, -0.2) is 0 Å². The fourth-order valence-electron chi connectivity index (χ4n) is 3.44. The van der Waals surface area contributed by atoms with Gasteiger partial charge in [0.2, 0.25) is 0 Å². The van der Waals surface area contributed by atoms with Gasteiger partial charge in [0.25, 0.3) is 5.97 Å². The quantitative estimate of drug-likeness (QED) is 0.352. The van der Waals surface area contributed by atoms with Gasteiger partial charge in [-0.2, -0.15) is 0 Å². The zero-order valence-electron chi connectivity index (χ0n) is 16.6. The summed E-state index contributed by atoms with van der Waals surface area (Å²) in [5.41, 5.74) is 0. The highest BCUT2D eigenvalue weighted by molar-refractivity contribution is 4.84. The molecule has 0 amide bonds. The van der Waals surface area contributed by atoms with E-state index in [9.17, 15) is 0 Å². The molecule has 0 aliphatic carbocycles. The van der Waals surface area contributed by atoms with E-state index in [2.05, 4.69) is 33.0 Å². The zero-order chi connectivity index (χ0) is 17.7. The van der Waals surface area contributed by atoms with Gasteiger partial charge in [0.05, 0.1) is 5.92 Å². The molecule has 0 spiro atoms. The van der Waals surface area contributed by atoms with Gasteiger partial charge in [-0.3, -0.25) is 0 Å². The molecule has 0 aromatic heterocycles. The van der Waals surface area contributed by atoms with Crippen LogP contribution in [-0.4, -0.2) is 39.9 Å². The maximum absolute atomic E-state index is 5.69. The van der Waals surface area contributed by atoms with Crippen LogP contribution in [0.4, 0.5) is 0 Å². The minimum Gasteiger partial charge on any atom is -0.331 e.